The van der Waals surface area contributed by atoms with Gasteiger partial charge in [0, 0.05) is 12.7 Å². The number of aryl methyl sites for hydroxylation is 1. The molecule has 1 aromatic heterocycles. The van der Waals surface area contributed by atoms with E-state index in [1.807, 2.05) is 10.9 Å². The van der Waals surface area contributed by atoms with E-state index in [2.05, 4.69) is 32.1 Å². The molecule has 0 radical (unpaired) electrons. The van der Waals surface area contributed by atoms with Crippen LogP contribution in [-0.4, -0.2) is 16.3 Å². The van der Waals surface area contributed by atoms with Crippen LogP contribution in [0.2, 0.25) is 0 Å². The van der Waals surface area contributed by atoms with E-state index in [0.29, 0.717) is 10.8 Å². The molecule has 0 unspecified atom stereocenters. The highest BCUT2D eigenvalue weighted by atomic mass is 15.3. The summed E-state index contributed by atoms with van der Waals surface area (Å²) in [5, 5.41) is 4.37. The van der Waals surface area contributed by atoms with Crippen molar-refractivity contribution < 1.29 is 0 Å². The molecule has 102 valence electrons. The van der Waals surface area contributed by atoms with Crippen molar-refractivity contribution in [2.45, 2.75) is 59.4 Å². The first-order chi connectivity index (χ1) is 8.49. The van der Waals surface area contributed by atoms with Crippen LogP contribution in [-0.2, 0) is 13.0 Å². The van der Waals surface area contributed by atoms with Gasteiger partial charge in [0.25, 0.3) is 0 Å². The van der Waals surface area contributed by atoms with E-state index >= 15 is 0 Å². The first-order valence-corrected chi connectivity index (χ1v) is 7.20. The van der Waals surface area contributed by atoms with Gasteiger partial charge < -0.3 is 5.73 Å². The van der Waals surface area contributed by atoms with Crippen molar-refractivity contribution in [3.8, 4) is 0 Å². The molecule has 0 bridgehead atoms. The highest BCUT2D eigenvalue weighted by Gasteiger charge is 2.37. The highest BCUT2D eigenvalue weighted by Crippen LogP contribution is 2.46. The zero-order valence-electron chi connectivity index (χ0n) is 12.1. The molecule has 2 N–H and O–H groups in total. The topological polar surface area (TPSA) is 43.8 Å². The number of rotatable bonds is 4. The van der Waals surface area contributed by atoms with E-state index in [9.17, 15) is 0 Å². The lowest BCUT2D eigenvalue weighted by Gasteiger charge is -2.43. The molecular weight excluding hydrogens is 222 g/mol. The third kappa shape index (κ3) is 2.94. The molecule has 18 heavy (non-hydrogen) atoms. The maximum Gasteiger partial charge on any atom is 0.0521 e. The summed E-state index contributed by atoms with van der Waals surface area (Å²) < 4.78 is 2.01. The Hall–Kier alpha value is -0.830. The molecule has 2 rings (SSSR count). The van der Waals surface area contributed by atoms with Crippen molar-refractivity contribution in [1.82, 2.24) is 9.78 Å². The number of hydrogen-bond donors (Lipinski definition) is 1. The Labute approximate surface area is 111 Å². The summed E-state index contributed by atoms with van der Waals surface area (Å²) in [5.74, 6) is 0. The van der Waals surface area contributed by atoms with Gasteiger partial charge in [-0.05, 0) is 62.0 Å². The van der Waals surface area contributed by atoms with Crippen molar-refractivity contribution in [3.05, 3.63) is 18.0 Å². The second-order valence-electron chi connectivity index (χ2n) is 6.75. The maximum atomic E-state index is 6.09. The van der Waals surface area contributed by atoms with Crippen LogP contribution in [0.15, 0.2) is 12.4 Å². The lowest BCUT2D eigenvalue weighted by molar-refractivity contribution is 0.108. The van der Waals surface area contributed by atoms with Gasteiger partial charge in [-0.15, -0.1) is 0 Å². The number of aromatic nitrogens is 2. The van der Waals surface area contributed by atoms with E-state index in [1.165, 1.54) is 31.2 Å². The Morgan fingerprint density at radius 2 is 1.94 bits per heavy atom. The SMILES string of the molecule is CCn1cc(CC2(CN)CCC(C)(C)CC2)cn1. The average molecular weight is 249 g/mol. The van der Waals surface area contributed by atoms with Crippen LogP contribution < -0.4 is 5.73 Å². The van der Waals surface area contributed by atoms with Crippen LogP contribution in [0.5, 0.6) is 0 Å². The van der Waals surface area contributed by atoms with Gasteiger partial charge in [-0.25, -0.2) is 0 Å². The molecule has 1 saturated carbocycles. The molecule has 3 nitrogen and oxygen atoms in total. The molecule has 1 fully saturated rings. The van der Waals surface area contributed by atoms with Crippen molar-refractivity contribution in [2.24, 2.45) is 16.6 Å². The largest absolute Gasteiger partial charge is 0.330 e. The number of hydrogen-bond acceptors (Lipinski definition) is 2. The van der Waals surface area contributed by atoms with Gasteiger partial charge in [-0.2, -0.15) is 5.10 Å². The third-order valence-electron chi connectivity index (χ3n) is 4.69. The minimum atomic E-state index is 0.317. The summed E-state index contributed by atoms with van der Waals surface area (Å²) >= 11 is 0. The summed E-state index contributed by atoms with van der Waals surface area (Å²) in [5.41, 5.74) is 8.26. The van der Waals surface area contributed by atoms with Crippen molar-refractivity contribution >= 4 is 0 Å². The van der Waals surface area contributed by atoms with Crippen LogP contribution in [0.1, 0.15) is 52.0 Å². The smallest absolute Gasteiger partial charge is 0.0521 e. The first kappa shape index (κ1) is 13.6. The Bertz CT molecular complexity index is 382. The molecule has 0 aliphatic heterocycles. The van der Waals surface area contributed by atoms with E-state index in [4.69, 9.17) is 5.73 Å². The summed E-state index contributed by atoms with van der Waals surface area (Å²) in [4.78, 5) is 0. The predicted octanol–water partition coefficient (Wildman–Crippen LogP) is 2.99. The maximum absolute atomic E-state index is 6.09. The van der Waals surface area contributed by atoms with E-state index in [0.717, 1.165) is 19.5 Å². The van der Waals surface area contributed by atoms with Gasteiger partial charge in [-0.3, -0.25) is 4.68 Å². The van der Waals surface area contributed by atoms with Crippen LogP contribution in [0.25, 0.3) is 0 Å². The van der Waals surface area contributed by atoms with Gasteiger partial charge in [-0.1, -0.05) is 13.8 Å². The normalized spacial score (nSPS) is 22.0. The van der Waals surface area contributed by atoms with Crippen LogP contribution in [0.4, 0.5) is 0 Å². The lowest BCUT2D eigenvalue weighted by Crippen LogP contribution is -2.38. The first-order valence-electron chi connectivity index (χ1n) is 7.20. The van der Waals surface area contributed by atoms with E-state index in [-0.39, 0.29) is 0 Å². The van der Waals surface area contributed by atoms with E-state index in [1.54, 1.807) is 0 Å². The van der Waals surface area contributed by atoms with Gasteiger partial charge >= 0.3 is 0 Å². The Morgan fingerprint density at radius 1 is 1.28 bits per heavy atom. The van der Waals surface area contributed by atoms with Gasteiger partial charge in [0.2, 0.25) is 0 Å². The molecule has 1 aliphatic rings. The minimum Gasteiger partial charge on any atom is -0.330 e. The highest BCUT2D eigenvalue weighted by molar-refractivity contribution is 5.09. The van der Waals surface area contributed by atoms with Gasteiger partial charge in [0.05, 0.1) is 6.20 Å². The second kappa shape index (κ2) is 5.04. The average Bonchev–Trinajstić information content (AvgIpc) is 2.80. The van der Waals surface area contributed by atoms with Gasteiger partial charge in [0.15, 0.2) is 0 Å². The van der Waals surface area contributed by atoms with Crippen molar-refractivity contribution in [2.75, 3.05) is 6.54 Å². The van der Waals surface area contributed by atoms with Crippen LogP contribution in [0.3, 0.4) is 0 Å². The summed E-state index contributed by atoms with van der Waals surface area (Å²) in [7, 11) is 0. The predicted molar refractivity (Wildman–Crippen MR) is 75.3 cm³/mol. The molecule has 0 amide bonds. The second-order valence-corrected chi connectivity index (χ2v) is 6.75. The van der Waals surface area contributed by atoms with Crippen LogP contribution >= 0.6 is 0 Å². The molecule has 0 aromatic carbocycles. The fourth-order valence-corrected chi connectivity index (χ4v) is 3.01. The summed E-state index contributed by atoms with van der Waals surface area (Å²) in [6.45, 7) is 8.63. The van der Waals surface area contributed by atoms with Crippen molar-refractivity contribution in [1.29, 1.82) is 0 Å². The lowest BCUT2D eigenvalue weighted by atomic mass is 9.63. The van der Waals surface area contributed by atoms with Gasteiger partial charge in [0.1, 0.15) is 0 Å². The molecule has 1 heterocycles. The standard InChI is InChI=1S/C15H27N3/c1-4-18-11-13(10-17-18)9-15(12-16)7-5-14(2,3)6-8-15/h10-11H,4-9,12,16H2,1-3H3. The van der Waals surface area contributed by atoms with Crippen LogP contribution in [0, 0.1) is 10.8 Å². The Kier molecular flexibility index (Phi) is 3.81. The van der Waals surface area contributed by atoms with Crippen molar-refractivity contribution in [3.63, 3.8) is 0 Å². The summed E-state index contributed by atoms with van der Waals surface area (Å²) in [6.07, 6.45) is 10.4. The quantitative estimate of drug-likeness (QED) is 0.891. The molecular formula is C15H27N3. The minimum absolute atomic E-state index is 0.317. The fraction of sp³-hybridized carbons (Fsp3) is 0.800. The zero-order chi connectivity index (χ0) is 13.2. The molecule has 0 spiro atoms. The molecule has 1 aromatic rings. The molecule has 3 heteroatoms. The molecule has 1 aliphatic carbocycles. The fourth-order valence-electron chi connectivity index (χ4n) is 3.01. The molecule has 0 saturated heterocycles. The summed E-state index contributed by atoms with van der Waals surface area (Å²) in [6, 6.07) is 0. The number of nitrogens with zero attached hydrogens (tertiary/aromatic N) is 2. The van der Waals surface area contributed by atoms with E-state index < -0.39 is 0 Å². The number of nitrogens with two attached hydrogens (primary N) is 1. The monoisotopic (exact) mass is 249 g/mol. The zero-order valence-corrected chi connectivity index (χ0v) is 12.1. The third-order valence-corrected chi connectivity index (χ3v) is 4.69. The Morgan fingerprint density at radius 3 is 2.44 bits per heavy atom. The molecule has 0 atom stereocenters. The Balaban J connectivity index is 2.05.